The van der Waals surface area contributed by atoms with Gasteiger partial charge in [0.05, 0.1) is 23.1 Å². The van der Waals surface area contributed by atoms with E-state index in [9.17, 15) is 18.0 Å². The third kappa shape index (κ3) is 3.18. The lowest BCUT2D eigenvalue weighted by Gasteiger charge is -2.14. The number of carbonyl (C=O) groups is 1. The number of nitrogens with one attached hydrogen (secondary N) is 1. The van der Waals surface area contributed by atoms with E-state index in [1.807, 2.05) is 0 Å². The Bertz CT molecular complexity index is 662. The number of carbonyl (C=O) groups excluding carboxylic acids is 1. The minimum Gasteiger partial charge on any atom is -0.469 e. The van der Waals surface area contributed by atoms with E-state index in [-0.39, 0.29) is 16.9 Å². The molecule has 0 saturated heterocycles. The molecule has 4 nitrogen and oxygen atoms in total. The normalized spacial score (nSPS) is 11.4. The van der Waals surface area contributed by atoms with Gasteiger partial charge in [-0.05, 0) is 24.3 Å². The Hall–Kier alpha value is -2.44. The van der Waals surface area contributed by atoms with Crippen LogP contribution in [0.15, 0.2) is 34.9 Å². The molecule has 0 saturated carbocycles. The van der Waals surface area contributed by atoms with Crippen LogP contribution in [0.1, 0.15) is 28.6 Å². The maximum absolute atomic E-state index is 12.9. The molecule has 0 aliphatic heterocycles. The van der Waals surface area contributed by atoms with E-state index >= 15 is 0 Å². The standard InChI is InChI=1S/C14H13F3N2O2/c1-2-12-9(5-6-21-12)13(20)19-11-4-3-8(18)7-10(11)14(15,16)17/h3-7H,2,18H2,1H3,(H,19,20). The third-order valence-electron chi connectivity index (χ3n) is 2.91. The number of hydrogen-bond donors (Lipinski definition) is 2. The molecule has 0 atom stereocenters. The van der Waals surface area contributed by atoms with Crippen molar-refractivity contribution in [3.8, 4) is 0 Å². The molecule has 0 bridgehead atoms. The molecule has 21 heavy (non-hydrogen) atoms. The molecule has 112 valence electrons. The molecule has 2 rings (SSSR count). The number of furan rings is 1. The van der Waals surface area contributed by atoms with Gasteiger partial charge in [-0.3, -0.25) is 4.79 Å². The fourth-order valence-electron chi connectivity index (χ4n) is 1.91. The fraction of sp³-hybridized carbons (Fsp3) is 0.214. The summed E-state index contributed by atoms with van der Waals surface area (Å²) in [4.78, 5) is 12.0. The average Bonchev–Trinajstić information content (AvgIpc) is 2.88. The molecule has 2 aromatic rings. The summed E-state index contributed by atoms with van der Waals surface area (Å²) in [6.07, 6.45) is -2.83. The Balaban J connectivity index is 2.34. The second-order valence-corrected chi connectivity index (χ2v) is 4.37. The largest absolute Gasteiger partial charge is 0.469 e. The lowest BCUT2D eigenvalue weighted by molar-refractivity contribution is -0.136. The Labute approximate surface area is 118 Å². The molecule has 0 aliphatic rings. The predicted octanol–water partition coefficient (Wildman–Crippen LogP) is 3.70. The molecule has 3 N–H and O–H groups in total. The molecule has 0 aliphatic carbocycles. The monoisotopic (exact) mass is 298 g/mol. The molecule has 0 unspecified atom stereocenters. The first-order valence-electron chi connectivity index (χ1n) is 6.17. The van der Waals surface area contributed by atoms with Gasteiger partial charge in [0.15, 0.2) is 0 Å². The fourth-order valence-corrected chi connectivity index (χ4v) is 1.91. The van der Waals surface area contributed by atoms with Crippen LogP contribution in [0.3, 0.4) is 0 Å². The summed E-state index contributed by atoms with van der Waals surface area (Å²) in [6, 6.07) is 4.62. The van der Waals surface area contributed by atoms with Gasteiger partial charge in [-0.15, -0.1) is 0 Å². The molecule has 1 heterocycles. The molecule has 0 spiro atoms. The Kier molecular flexibility index (Phi) is 3.93. The summed E-state index contributed by atoms with van der Waals surface area (Å²) < 4.78 is 43.9. The van der Waals surface area contributed by atoms with Gasteiger partial charge in [-0.25, -0.2) is 0 Å². The first-order valence-corrected chi connectivity index (χ1v) is 6.17. The zero-order valence-electron chi connectivity index (χ0n) is 11.1. The number of anilines is 2. The quantitative estimate of drug-likeness (QED) is 0.849. The Morgan fingerprint density at radius 1 is 1.33 bits per heavy atom. The summed E-state index contributed by atoms with van der Waals surface area (Å²) in [6.45, 7) is 1.78. The van der Waals surface area contributed by atoms with E-state index in [4.69, 9.17) is 10.2 Å². The van der Waals surface area contributed by atoms with Crippen molar-refractivity contribution >= 4 is 17.3 Å². The van der Waals surface area contributed by atoms with Crippen LogP contribution >= 0.6 is 0 Å². The van der Waals surface area contributed by atoms with Gasteiger partial charge >= 0.3 is 6.18 Å². The van der Waals surface area contributed by atoms with Crippen molar-refractivity contribution < 1.29 is 22.4 Å². The molecule has 1 aromatic carbocycles. The zero-order valence-corrected chi connectivity index (χ0v) is 11.1. The summed E-state index contributed by atoms with van der Waals surface area (Å²) in [5.41, 5.74) is 4.22. The van der Waals surface area contributed by atoms with Crippen molar-refractivity contribution in [2.75, 3.05) is 11.1 Å². The minimum atomic E-state index is -4.61. The summed E-state index contributed by atoms with van der Waals surface area (Å²) in [5.74, 6) is -0.243. The van der Waals surface area contributed by atoms with Gasteiger partial charge in [0, 0.05) is 12.1 Å². The number of nitrogen functional groups attached to an aromatic ring is 1. The predicted molar refractivity (Wildman–Crippen MR) is 71.9 cm³/mol. The van der Waals surface area contributed by atoms with Crippen molar-refractivity contribution in [3.05, 3.63) is 47.4 Å². The summed E-state index contributed by atoms with van der Waals surface area (Å²) in [7, 11) is 0. The van der Waals surface area contributed by atoms with Crippen molar-refractivity contribution in [2.24, 2.45) is 0 Å². The number of amides is 1. The van der Waals surface area contributed by atoms with Crippen molar-refractivity contribution in [1.29, 1.82) is 0 Å². The molecule has 0 radical (unpaired) electrons. The minimum absolute atomic E-state index is 0.0297. The van der Waals surface area contributed by atoms with Gasteiger partial charge in [0.2, 0.25) is 0 Å². The highest BCUT2D eigenvalue weighted by atomic mass is 19.4. The third-order valence-corrected chi connectivity index (χ3v) is 2.91. The lowest BCUT2D eigenvalue weighted by atomic mass is 10.1. The van der Waals surface area contributed by atoms with Crippen LogP contribution < -0.4 is 11.1 Å². The molecular weight excluding hydrogens is 285 g/mol. The SMILES string of the molecule is CCc1occc1C(=O)Nc1ccc(N)cc1C(F)(F)F. The smallest absolute Gasteiger partial charge is 0.418 e. The van der Waals surface area contributed by atoms with E-state index < -0.39 is 17.6 Å². The van der Waals surface area contributed by atoms with E-state index in [0.29, 0.717) is 12.2 Å². The number of rotatable bonds is 3. The molecule has 0 fully saturated rings. The molecular formula is C14H13F3N2O2. The highest BCUT2D eigenvalue weighted by Gasteiger charge is 2.34. The number of nitrogens with two attached hydrogens (primary N) is 1. The number of hydrogen-bond acceptors (Lipinski definition) is 3. The van der Waals surface area contributed by atoms with Crippen LogP contribution in [0.5, 0.6) is 0 Å². The first kappa shape index (κ1) is 15.0. The maximum atomic E-state index is 12.9. The molecule has 1 amide bonds. The van der Waals surface area contributed by atoms with Gasteiger partial charge in [0.25, 0.3) is 5.91 Å². The van der Waals surface area contributed by atoms with Crippen molar-refractivity contribution in [3.63, 3.8) is 0 Å². The van der Waals surface area contributed by atoms with Gasteiger partial charge in [-0.2, -0.15) is 13.2 Å². The maximum Gasteiger partial charge on any atom is 0.418 e. The Morgan fingerprint density at radius 3 is 2.67 bits per heavy atom. The number of benzene rings is 1. The van der Waals surface area contributed by atoms with E-state index in [1.165, 1.54) is 18.4 Å². The van der Waals surface area contributed by atoms with E-state index in [1.54, 1.807) is 6.92 Å². The van der Waals surface area contributed by atoms with Crippen LogP contribution in [0.2, 0.25) is 0 Å². The lowest BCUT2D eigenvalue weighted by Crippen LogP contribution is -2.17. The first-order chi connectivity index (χ1) is 9.82. The number of alkyl halides is 3. The van der Waals surface area contributed by atoms with Crippen LogP contribution in [-0.2, 0) is 12.6 Å². The van der Waals surface area contributed by atoms with Crippen molar-refractivity contribution in [1.82, 2.24) is 0 Å². The zero-order chi connectivity index (χ0) is 15.6. The van der Waals surface area contributed by atoms with Crippen LogP contribution in [0.25, 0.3) is 0 Å². The van der Waals surface area contributed by atoms with Crippen LogP contribution in [0, 0.1) is 0 Å². The van der Waals surface area contributed by atoms with Gasteiger partial charge in [0.1, 0.15) is 5.76 Å². The summed E-state index contributed by atoms with van der Waals surface area (Å²) in [5, 5.41) is 2.25. The van der Waals surface area contributed by atoms with Crippen LogP contribution in [-0.4, -0.2) is 5.91 Å². The van der Waals surface area contributed by atoms with E-state index in [0.717, 1.165) is 12.1 Å². The van der Waals surface area contributed by atoms with Gasteiger partial charge in [-0.1, -0.05) is 6.92 Å². The Morgan fingerprint density at radius 2 is 2.05 bits per heavy atom. The summed E-state index contributed by atoms with van der Waals surface area (Å²) >= 11 is 0. The van der Waals surface area contributed by atoms with Crippen molar-refractivity contribution in [2.45, 2.75) is 19.5 Å². The molecule has 1 aromatic heterocycles. The number of aryl methyl sites for hydroxylation is 1. The highest BCUT2D eigenvalue weighted by molar-refractivity contribution is 6.05. The number of halogens is 3. The topological polar surface area (TPSA) is 68.3 Å². The average molecular weight is 298 g/mol. The second-order valence-electron chi connectivity index (χ2n) is 4.37. The highest BCUT2D eigenvalue weighted by Crippen LogP contribution is 2.36. The van der Waals surface area contributed by atoms with Gasteiger partial charge < -0.3 is 15.5 Å². The second kappa shape index (κ2) is 5.51. The van der Waals surface area contributed by atoms with Crippen LogP contribution in [0.4, 0.5) is 24.5 Å². The molecule has 7 heteroatoms. The van der Waals surface area contributed by atoms with E-state index in [2.05, 4.69) is 5.32 Å².